The lowest BCUT2D eigenvalue weighted by Crippen LogP contribution is -2.09. The molecule has 2 heteroatoms. The fourth-order valence-corrected chi connectivity index (χ4v) is 2.68. The van der Waals surface area contributed by atoms with E-state index in [2.05, 4.69) is 35.7 Å². The van der Waals surface area contributed by atoms with Crippen LogP contribution in [0.4, 0.5) is 5.69 Å². The van der Waals surface area contributed by atoms with E-state index in [0.717, 1.165) is 16.7 Å². The van der Waals surface area contributed by atoms with Crippen LogP contribution in [0.1, 0.15) is 24.0 Å². The Bertz CT molecular complexity index is 782. The van der Waals surface area contributed by atoms with Crippen molar-refractivity contribution in [3.05, 3.63) is 108 Å². The Hall–Kier alpha value is -3.13. The first-order valence-electron chi connectivity index (χ1n) is 8.43. The second-order valence-electron chi connectivity index (χ2n) is 5.73. The van der Waals surface area contributed by atoms with E-state index in [9.17, 15) is 4.79 Å². The molecular formula is C23H20NO. The molecule has 0 spiro atoms. The van der Waals surface area contributed by atoms with E-state index in [1.165, 1.54) is 0 Å². The predicted molar refractivity (Wildman–Crippen MR) is 102 cm³/mol. The van der Waals surface area contributed by atoms with Gasteiger partial charge in [-0.05, 0) is 35.3 Å². The topological polar surface area (TPSA) is 31.2 Å². The summed E-state index contributed by atoms with van der Waals surface area (Å²) < 4.78 is 0. The van der Waals surface area contributed by atoms with Gasteiger partial charge in [-0.1, -0.05) is 84.9 Å². The van der Waals surface area contributed by atoms with E-state index in [0.29, 0.717) is 18.5 Å². The number of para-hydroxylation sites is 1. The van der Waals surface area contributed by atoms with Crippen molar-refractivity contribution in [3.63, 3.8) is 0 Å². The largest absolute Gasteiger partial charge is 0.273 e. The van der Waals surface area contributed by atoms with Crippen LogP contribution in [-0.2, 0) is 4.79 Å². The molecule has 0 aliphatic rings. The maximum atomic E-state index is 12.1. The van der Waals surface area contributed by atoms with Crippen LogP contribution in [0.5, 0.6) is 0 Å². The minimum absolute atomic E-state index is 0.0945. The van der Waals surface area contributed by atoms with Crippen LogP contribution in [-0.4, -0.2) is 5.91 Å². The Balaban J connectivity index is 1.70. The Morgan fingerprint density at radius 2 is 1.20 bits per heavy atom. The van der Waals surface area contributed by atoms with Crippen LogP contribution >= 0.6 is 0 Å². The maximum absolute atomic E-state index is 12.1. The van der Waals surface area contributed by atoms with Crippen molar-refractivity contribution < 1.29 is 4.79 Å². The quantitative estimate of drug-likeness (QED) is 0.600. The van der Waals surface area contributed by atoms with Gasteiger partial charge in [0.1, 0.15) is 0 Å². The molecule has 0 N–H and O–H groups in total. The van der Waals surface area contributed by atoms with Gasteiger partial charge in [-0.2, -0.15) is 0 Å². The fraction of sp³-hybridized carbons (Fsp3) is 0.0870. The molecule has 0 aromatic heterocycles. The average Bonchev–Trinajstić information content (AvgIpc) is 2.67. The fourth-order valence-electron chi connectivity index (χ4n) is 2.68. The SMILES string of the molecule is O=C(CCC=C(c1ccccc1)c1ccccc1)[N]c1ccccc1. The lowest BCUT2D eigenvalue weighted by molar-refractivity contribution is -0.120. The average molecular weight is 326 g/mol. The van der Waals surface area contributed by atoms with Crippen LogP contribution in [0.3, 0.4) is 0 Å². The summed E-state index contributed by atoms with van der Waals surface area (Å²) in [6.45, 7) is 0. The zero-order valence-corrected chi connectivity index (χ0v) is 14.0. The molecule has 0 bridgehead atoms. The Labute approximate surface area is 148 Å². The van der Waals surface area contributed by atoms with Gasteiger partial charge in [0.2, 0.25) is 5.91 Å². The summed E-state index contributed by atoms with van der Waals surface area (Å²) in [6, 6.07) is 29.9. The van der Waals surface area contributed by atoms with Gasteiger partial charge in [-0.25, -0.2) is 5.32 Å². The van der Waals surface area contributed by atoms with Gasteiger partial charge in [0.25, 0.3) is 0 Å². The van der Waals surface area contributed by atoms with Crippen molar-refractivity contribution in [1.29, 1.82) is 0 Å². The highest BCUT2D eigenvalue weighted by molar-refractivity contribution is 5.82. The third-order valence-electron chi connectivity index (χ3n) is 3.89. The summed E-state index contributed by atoms with van der Waals surface area (Å²) in [5.41, 5.74) is 4.17. The standard InChI is InChI=1S/C23H20NO/c25-23(24-21-15-8-3-9-16-21)18-10-17-22(19-11-4-1-5-12-19)20-13-6-2-7-14-20/h1-9,11-17H,10,18H2. The first kappa shape index (κ1) is 16.7. The molecule has 0 saturated carbocycles. The van der Waals surface area contributed by atoms with Gasteiger partial charge in [0.05, 0.1) is 5.69 Å². The third kappa shape index (κ3) is 4.92. The third-order valence-corrected chi connectivity index (χ3v) is 3.89. The summed E-state index contributed by atoms with van der Waals surface area (Å²) in [5, 5.41) is 4.13. The van der Waals surface area contributed by atoms with Gasteiger partial charge in [-0.15, -0.1) is 0 Å². The van der Waals surface area contributed by atoms with Crippen molar-refractivity contribution in [1.82, 2.24) is 5.32 Å². The highest BCUT2D eigenvalue weighted by Gasteiger charge is 2.06. The first-order chi connectivity index (χ1) is 12.3. The number of carbonyl (C=O) groups is 1. The van der Waals surface area contributed by atoms with E-state index in [1.54, 1.807) is 0 Å². The van der Waals surface area contributed by atoms with Crippen molar-refractivity contribution >= 4 is 17.2 Å². The molecule has 0 unspecified atom stereocenters. The molecule has 0 saturated heterocycles. The Kier molecular flexibility index (Phi) is 5.78. The zero-order valence-electron chi connectivity index (χ0n) is 14.0. The second-order valence-corrected chi connectivity index (χ2v) is 5.73. The highest BCUT2D eigenvalue weighted by Crippen LogP contribution is 2.24. The Morgan fingerprint density at radius 3 is 1.72 bits per heavy atom. The zero-order chi connectivity index (χ0) is 17.3. The number of hydrogen-bond acceptors (Lipinski definition) is 1. The molecule has 0 atom stereocenters. The van der Waals surface area contributed by atoms with E-state index < -0.39 is 0 Å². The minimum atomic E-state index is -0.0945. The maximum Gasteiger partial charge on any atom is 0.246 e. The highest BCUT2D eigenvalue weighted by atomic mass is 16.1. The predicted octanol–water partition coefficient (Wildman–Crippen LogP) is 5.36. The number of allylic oxidation sites excluding steroid dienone is 1. The van der Waals surface area contributed by atoms with E-state index in [1.807, 2.05) is 66.7 Å². The number of hydrogen-bond donors (Lipinski definition) is 0. The number of benzene rings is 3. The normalized spacial score (nSPS) is 10.1. The molecule has 0 aliphatic heterocycles. The number of rotatable bonds is 6. The van der Waals surface area contributed by atoms with Crippen LogP contribution in [0, 0.1) is 0 Å². The first-order valence-corrected chi connectivity index (χ1v) is 8.43. The molecule has 0 fully saturated rings. The summed E-state index contributed by atoms with van der Waals surface area (Å²) in [4.78, 5) is 12.1. The monoisotopic (exact) mass is 326 g/mol. The van der Waals surface area contributed by atoms with Crippen molar-refractivity contribution in [2.24, 2.45) is 0 Å². The van der Waals surface area contributed by atoms with Gasteiger partial charge < -0.3 is 0 Å². The minimum Gasteiger partial charge on any atom is -0.273 e. The number of nitrogens with zero attached hydrogens (tertiary/aromatic N) is 1. The molecule has 1 radical (unpaired) electrons. The molecule has 3 rings (SSSR count). The van der Waals surface area contributed by atoms with Crippen LogP contribution in [0.15, 0.2) is 97.1 Å². The summed E-state index contributed by atoms with van der Waals surface area (Å²) >= 11 is 0. The van der Waals surface area contributed by atoms with Gasteiger partial charge in [0, 0.05) is 6.42 Å². The van der Waals surface area contributed by atoms with Crippen molar-refractivity contribution in [2.45, 2.75) is 12.8 Å². The number of amides is 1. The lowest BCUT2D eigenvalue weighted by Gasteiger charge is -2.08. The van der Waals surface area contributed by atoms with E-state index in [4.69, 9.17) is 0 Å². The molecule has 3 aromatic rings. The molecule has 0 heterocycles. The molecule has 3 aromatic carbocycles. The smallest absolute Gasteiger partial charge is 0.246 e. The molecular weight excluding hydrogens is 306 g/mol. The Morgan fingerprint density at radius 1 is 0.720 bits per heavy atom. The van der Waals surface area contributed by atoms with E-state index >= 15 is 0 Å². The van der Waals surface area contributed by atoms with Gasteiger partial charge >= 0.3 is 0 Å². The molecule has 1 amide bonds. The summed E-state index contributed by atoms with van der Waals surface area (Å²) in [7, 11) is 0. The molecule has 2 nitrogen and oxygen atoms in total. The second kappa shape index (κ2) is 8.65. The number of carbonyl (C=O) groups excluding carboxylic acids is 1. The van der Waals surface area contributed by atoms with Crippen molar-refractivity contribution in [2.75, 3.05) is 0 Å². The molecule has 123 valence electrons. The van der Waals surface area contributed by atoms with Gasteiger partial charge in [0.15, 0.2) is 0 Å². The van der Waals surface area contributed by atoms with Crippen molar-refractivity contribution in [3.8, 4) is 0 Å². The van der Waals surface area contributed by atoms with Crippen LogP contribution in [0.25, 0.3) is 5.57 Å². The van der Waals surface area contributed by atoms with Crippen LogP contribution in [0.2, 0.25) is 0 Å². The summed E-state index contributed by atoms with van der Waals surface area (Å²) in [5.74, 6) is -0.0945. The lowest BCUT2D eigenvalue weighted by atomic mass is 9.96. The molecule has 25 heavy (non-hydrogen) atoms. The summed E-state index contributed by atoms with van der Waals surface area (Å²) in [6.07, 6.45) is 3.19. The van der Waals surface area contributed by atoms with E-state index in [-0.39, 0.29) is 5.91 Å². The van der Waals surface area contributed by atoms with Crippen LogP contribution < -0.4 is 5.32 Å². The van der Waals surface area contributed by atoms with Gasteiger partial charge in [-0.3, -0.25) is 4.79 Å². The molecule has 0 aliphatic carbocycles.